The van der Waals surface area contributed by atoms with E-state index in [2.05, 4.69) is 58.2 Å². The van der Waals surface area contributed by atoms with Crippen molar-refractivity contribution in [2.45, 2.75) is 39.8 Å². The van der Waals surface area contributed by atoms with Crippen LogP contribution >= 0.6 is 15.9 Å². The summed E-state index contributed by atoms with van der Waals surface area (Å²) in [5, 5.41) is 13.2. The molecule has 21 heavy (non-hydrogen) atoms. The Bertz CT molecular complexity index is 462. The van der Waals surface area contributed by atoms with Crippen LogP contribution in [0.2, 0.25) is 0 Å². The van der Waals surface area contributed by atoms with Gasteiger partial charge in [-0.3, -0.25) is 0 Å². The minimum atomic E-state index is -0.215. The van der Waals surface area contributed by atoms with E-state index in [0.717, 1.165) is 37.1 Å². The van der Waals surface area contributed by atoms with Crippen LogP contribution in [0.3, 0.4) is 0 Å². The second-order valence-electron chi connectivity index (χ2n) is 6.55. The van der Waals surface area contributed by atoms with Crippen LogP contribution in [0.5, 0.6) is 0 Å². The average Bonchev–Trinajstić information content (AvgIpc) is 2.88. The molecule has 1 aromatic carbocycles. The molecular weight excluding hydrogens is 328 g/mol. The van der Waals surface area contributed by atoms with E-state index in [4.69, 9.17) is 0 Å². The highest BCUT2D eigenvalue weighted by Crippen LogP contribution is 2.32. The Hall–Kier alpha value is -0.580. The van der Waals surface area contributed by atoms with Gasteiger partial charge in [0, 0.05) is 30.0 Å². The fraction of sp³-hybridized carbons (Fsp3) is 0.647. The summed E-state index contributed by atoms with van der Waals surface area (Å²) < 4.78 is 1.15. The van der Waals surface area contributed by atoms with Gasteiger partial charge in [0.1, 0.15) is 0 Å². The fourth-order valence-electron chi connectivity index (χ4n) is 2.82. The van der Waals surface area contributed by atoms with Gasteiger partial charge in [-0.15, -0.1) is 0 Å². The lowest BCUT2D eigenvalue weighted by Crippen LogP contribution is -2.24. The number of nitrogens with one attached hydrogen (secondary N) is 1. The minimum Gasteiger partial charge on any atom is -0.393 e. The van der Waals surface area contributed by atoms with Crippen molar-refractivity contribution in [3.8, 4) is 0 Å². The zero-order valence-corrected chi connectivity index (χ0v) is 14.9. The lowest BCUT2D eigenvalue weighted by Gasteiger charge is -2.21. The van der Waals surface area contributed by atoms with Crippen molar-refractivity contribution in [2.24, 2.45) is 11.8 Å². The summed E-state index contributed by atoms with van der Waals surface area (Å²) >= 11 is 3.70. The first-order valence-corrected chi connectivity index (χ1v) is 8.69. The van der Waals surface area contributed by atoms with E-state index < -0.39 is 0 Å². The van der Waals surface area contributed by atoms with Gasteiger partial charge in [0.05, 0.1) is 11.8 Å². The number of aliphatic hydroxyl groups excluding tert-OH is 1. The molecule has 0 aromatic heterocycles. The quantitative estimate of drug-likeness (QED) is 0.821. The van der Waals surface area contributed by atoms with Gasteiger partial charge in [-0.1, -0.05) is 19.9 Å². The third-order valence-electron chi connectivity index (χ3n) is 4.14. The molecule has 0 radical (unpaired) electrons. The summed E-state index contributed by atoms with van der Waals surface area (Å²) in [7, 11) is 0. The standard InChI is InChI=1S/C17H27BrN2O/c1-12(2)9-19-10-14-4-5-17(16(18)8-14)20-7-6-15(11-20)13(3)21/h4-5,8,12-13,15,19,21H,6-7,9-11H2,1-3H3. The van der Waals surface area contributed by atoms with E-state index in [9.17, 15) is 5.11 Å². The Morgan fingerprint density at radius 3 is 2.71 bits per heavy atom. The Kier molecular flexibility index (Phi) is 6.08. The molecule has 1 aliphatic rings. The number of rotatable bonds is 6. The van der Waals surface area contributed by atoms with Gasteiger partial charge in [0.15, 0.2) is 0 Å². The smallest absolute Gasteiger partial charge is 0.0557 e. The number of aliphatic hydroxyl groups is 1. The maximum Gasteiger partial charge on any atom is 0.0557 e. The van der Waals surface area contributed by atoms with Crippen LogP contribution in [0.1, 0.15) is 32.8 Å². The van der Waals surface area contributed by atoms with Gasteiger partial charge in [0.25, 0.3) is 0 Å². The summed E-state index contributed by atoms with van der Waals surface area (Å²) in [4.78, 5) is 2.37. The van der Waals surface area contributed by atoms with Gasteiger partial charge >= 0.3 is 0 Å². The summed E-state index contributed by atoms with van der Waals surface area (Å²) in [6.07, 6.45) is 0.857. The molecule has 0 spiro atoms. The third kappa shape index (κ3) is 4.70. The monoisotopic (exact) mass is 354 g/mol. The number of anilines is 1. The fourth-order valence-corrected chi connectivity index (χ4v) is 3.50. The van der Waals surface area contributed by atoms with E-state index in [0.29, 0.717) is 11.8 Å². The lowest BCUT2D eigenvalue weighted by molar-refractivity contribution is 0.136. The average molecular weight is 355 g/mol. The van der Waals surface area contributed by atoms with E-state index in [1.807, 2.05) is 6.92 Å². The van der Waals surface area contributed by atoms with Crippen molar-refractivity contribution in [3.05, 3.63) is 28.2 Å². The molecule has 0 amide bonds. The number of hydrogen-bond acceptors (Lipinski definition) is 3. The van der Waals surface area contributed by atoms with E-state index in [1.165, 1.54) is 11.3 Å². The van der Waals surface area contributed by atoms with Gasteiger partial charge in [-0.2, -0.15) is 0 Å². The zero-order valence-electron chi connectivity index (χ0n) is 13.3. The van der Waals surface area contributed by atoms with Crippen LogP contribution in [-0.2, 0) is 6.54 Å². The third-order valence-corrected chi connectivity index (χ3v) is 4.78. The SMILES string of the molecule is CC(C)CNCc1ccc(N2CCC(C(C)O)C2)c(Br)c1. The molecule has 2 N–H and O–H groups in total. The second-order valence-corrected chi connectivity index (χ2v) is 7.40. The first-order valence-electron chi connectivity index (χ1n) is 7.89. The highest BCUT2D eigenvalue weighted by Gasteiger charge is 2.27. The molecule has 0 bridgehead atoms. The zero-order chi connectivity index (χ0) is 15.4. The topological polar surface area (TPSA) is 35.5 Å². The van der Waals surface area contributed by atoms with Crippen LogP contribution < -0.4 is 10.2 Å². The molecule has 118 valence electrons. The lowest BCUT2D eigenvalue weighted by atomic mass is 10.0. The molecule has 2 unspecified atom stereocenters. The van der Waals surface area contributed by atoms with E-state index >= 15 is 0 Å². The maximum atomic E-state index is 9.73. The normalized spacial score (nSPS) is 20.3. The largest absolute Gasteiger partial charge is 0.393 e. The number of nitrogens with zero attached hydrogens (tertiary/aromatic N) is 1. The highest BCUT2D eigenvalue weighted by molar-refractivity contribution is 9.10. The Balaban J connectivity index is 1.96. The van der Waals surface area contributed by atoms with Crippen molar-refractivity contribution >= 4 is 21.6 Å². The first kappa shape index (κ1) is 16.8. The summed E-state index contributed by atoms with van der Waals surface area (Å²) in [5.74, 6) is 1.07. The summed E-state index contributed by atoms with van der Waals surface area (Å²) in [6.45, 7) is 10.3. The molecule has 4 heteroatoms. The molecule has 1 aliphatic heterocycles. The maximum absolute atomic E-state index is 9.73. The first-order chi connectivity index (χ1) is 9.97. The van der Waals surface area contributed by atoms with E-state index in [1.54, 1.807) is 0 Å². The molecule has 1 aromatic rings. The number of hydrogen-bond donors (Lipinski definition) is 2. The van der Waals surface area contributed by atoms with E-state index in [-0.39, 0.29) is 6.10 Å². The molecule has 2 atom stereocenters. The van der Waals surface area contributed by atoms with Crippen LogP contribution in [0.25, 0.3) is 0 Å². The number of benzene rings is 1. The van der Waals surface area contributed by atoms with Gasteiger partial charge in [-0.25, -0.2) is 0 Å². The van der Waals surface area contributed by atoms with Crippen molar-refractivity contribution < 1.29 is 5.11 Å². The van der Waals surface area contributed by atoms with Crippen molar-refractivity contribution in [1.82, 2.24) is 5.32 Å². The van der Waals surface area contributed by atoms with Gasteiger partial charge < -0.3 is 15.3 Å². The van der Waals surface area contributed by atoms with Crippen LogP contribution in [0.4, 0.5) is 5.69 Å². The minimum absolute atomic E-state index is 0.215. The predicted octanol–water partition coefficient (Wildman–Crippen LogP) is 3.40. The van der Waals surface area contributed by atoms with Crippen molar-refractivity contribution in [3.63, 3.8) is 0 Å². The second kappa shape index (κ2) is 7.61. The molecule has 1 fully saturated rings. The van der Waals surface area contributed by atoms with Crippen molar-refractivity contribution in [1.29, 1.82) is 0 Å². The Labute approximate surface area is 136 Å². The predicted molar refractivity (Wildman–Crippen MR) is 92.7 cm³/mol. The molecule has 1 heterocycles. The Morgan fingerprint density at radius 1 is 1.38 bits per heavy atom. The van der Waals surface area contributed by atoms with Crippen molar-refractivity contribution in [2.75, 3.05) is 24.5 Å². The van der Waals surface area contributed by atoms with Crippen LogP contribution in [-0.4, -0.2) is 30.8 Å². The molecule has 0 aliphatic carbocycles. The Morgan fingerprint density at radius 2 is 2.14 bits per heavy atom. The molecule has 0 saturated carbocycles. The van der Waals surface area contributed by atoms with Crippen LogP contribution in [0, 0.1) is 11.8 Å². The van der Waals surface area contributed by atoms with Gasteiger partial charge in [0.2, 0.25) is 0 Å². The molecule has 1 saturated heterocycles. The van der Waals surface area contributed by atoms with Crippen LogP contribution in [0.15, 0.2) is 22.7 Å². The van der Waals surface area contributed by atoms with Gasteiger partial charge in [-0.05, 0) is 59.4 Å². The summed E-state index contributed by atoms with van der Waals surface area (Å²) in [5.41, 5.74) is 2.54. The highest BCUT2D eigenvalue weighted by atomic mass is 79.9. The molecule has 2 rings (SSSR count). The molecular formula is C17H27BrN2O. The molecule has 3 nitrogen and oxygen atoms in total. The number of halogens is 1. The summed E-state index contributed by atoms with van der Waals surface area (Å²) in [6, 6.07) is 6.60.